The van der Waals surface area contributed by atoms with E-state index in [0.29, 0.717) is 5.56 Å². The summed E-state index contributed by atoms with van der Waals surface area (Å²) in [5.41, 5.74) is 0.704. The van der Waals surface area contributed by atoms with E-state index >= 15 is 0 Å². The first-order valence-electron chi connectivity index (χ1n) is 4.88. The quantitative estimate of drug-likeness (QED) is 0.888. The predicted octanol–water partition coefficient (Wildman–Crippen LogP) is 2.74. The van der Waals surface area contributed by atoms with Crippen LogP contribution in [-0.4, -0.2) is 36.0 Å². The van der Waals surface area contributed by atoms with Crippen molar-refractivity contribution >= 4 is 17.6 Å². The van der Waals surface area contributed by atoms with Gasteiger partial charge in [0, 0.05) is 11.6 Å². The molecule has 17 heavy (non-hydrogen) atoms. The van der Waals surface area contributed by atoms with Crippen LogP contribution in [0.1, 0.15) is 15.9 Å². The van der Waals surface area contributed by atoms with Gasteiger partial charge in [-0.05, 0) is 24.7 Å². The standard InChI is InChI=1S/C11H12ClF2NO2/c1-15(6-10(13)14)5-8-3-2-7(11(16)17)4-9(8)12/h2-4,10H,5-6H2,1H3,(H,16,17). The second kappa shape index (κ2) is 5.93. The molecule has 3 nitrogen and oxygen atoms in total. The molecule has 94 valence electrons. The number of hydrogen-bond donors (Lipinski definition) is 1. The van der Waals surface area contributed by atoms with Crippen LogP contribution >= 0.6 is 11.6 Å². The van der Waals surface area contributed by atoms with Gasteiger partial charge in [-0.1, -0.05) is 17.7 Å². The topological polar surface area (TPSA) is 40.5 Å². The zero-order valence-corrected chi connectivity index (χ0v) is 9.92. The van der Waals surface area contributed by atoms with Gasteiger partial charge in [0.15, 0.2) is 0 Å². The van der Waals surface area contributed by atoms with Gasteiger partial charge in [-0.15, -0.1) is 0 Å². The number of carboxylic acids is 1. The Bertz CT molecular complexity index is 412. The molecule has 0 saturated carbocycles. The van der Waals surface area contributed by atoms with Gasteiger partial charge in [-0.3, -0.25) is 4.90 Å². The highest BCUT2D eigenvalue weighted by Gasteiger charge is 2.11. The maximum atomic E-state index is 12.1. The Morgan fingerprint density at radius 2 is 2.18 bits per heavy atom. The Hall–Kier alpha value is -1.20. The van der Waals surface area contributed by atoms with Crippen LogP contribution < -0.4 is 0 Å². The molecule has 0 amide bonds. The first-order valence-corrected chi connectivity index (χ1v) is 5.26. The molecule has 0 saturated heterocycles. The van der Waals surface area contributed by atoms with E-state index in [0.717, 1.165) is 0 Å². The predicted molar refractivity (Wildman–Crippen MR) is 60.7 cm³/mol. The summed E-state index contributed by atoms with van der Waals surface area (Å²) < 4.78 is 24.2. The molecule has 1 aromatic rings. The van der Waals surface area contributed by atoms with Gasteiger partial charge in [0.25, 0.3) is 6.43 Å². The Balaban J connectivity index is 2.75. The summed E-state index contributed by atoms with van der Waals surface area (Å²) in [7, 11) is 1.55. The lowest BCUT2D eigenvalue weighted by Crippen LogP contribution is -2.24. The number of halogens is 3. The van der Waals surface area contributed by atoms with Crippen molar-refractivity contribution < 1.29 is 18.7 Å². The number of benzene rings is 1. The Labute approximate surface area is 103 Å². The van der Waals surface area contributed by atoms with Crippen molar-refractivity contribution in [2.24, 2.45) is 0 Å². The van der Waals surface area contributed by atoms with Crippen molar-refractivity contribution in [3.05, 3.63) is 34.3 Å². The Kier molecular flexibility index (Phi) is 4.84. The second-order valence-corrected chi connectivity index (χ2v) is 4.11. The van der Waals surface area contributed by atoms with Gasteiger partial charge in [0.2, 0.25) is 0 Å². The van der Waals surface area contributed by atoms with E-state index < -0.39 is 12.4 Å². The highest BCUT2D eigenvalue weighted by atomic mass is 35.5. The molecule has 0 radical (unpaired) electrons. The van der Waals surface area contributed by atoms with Gasteiger partial charge in [0.1, 0.15) is 0 Å². The fourth-order valence-electron chi connectivity index (χ4n) is 1.40. The van der Waals surface area contributed by atoms with Crippen LogP contribution in [-0.2, 0) is 6.54 Å². The van der Waals surface area contributed by atoms with E-state index in [1.807, 2.05) is 0 Å². The van der Waals surface area contributed by atoms with E-state index in [1.54, 1.807) is 7.05 Å². The van der Waals surface area contributed by atoms with Crippen molar-refractivity contribution in [3.63, 3.8) is 0 Å². The van der Waals surface area contributed by atoms with E-state index in [4.69, 9.17) is 16.7 Å². The molecule has 1 aromatic carbocycles. The number of nitrogens with zero attached hydrogens (tertiary/aromatic N) is 1. The van der Waals surface area contributed by atoms with E-state index in [1.165, 1.54) is 23.1 Å². The molecule has 0 spiro atoms. The van der Waals surface area contributed by atoms with Crippen LogP contribution in [0.5, 0.6) is 0 Å². The largest absolute Gasteiger partial charge is 0.478 e. The SMILES string of the molecule is CN(Cc1ccc(C(=O)O)cc1Cl)CC(F)F. The molecule has 0 aliphatic carbocycles. The Morgan fingerprint density at radius 1 is 1.53 bits per heavy atom. The number of carbonyl (C=O) groups is 1. The number of carboxylic acid groups (broad SMARTS) is 1. The average molecular weight is 264 g/mol. The normalized spacial score (nSPS) is 11.2. The fraction of sp³-hybridized carbons (Fsp3) is 0.364. The second-order valence-electron chi connectivity index (χ2n) is 3.70. The summed E-state index contributed by atoms with van der Waals surface area (Å²) in [5, 5.41) is 9.00. The molecule has 0 atom stereocenters. The van der Waals surface area contributed by atoms with E-state index in [2.05, 4.69) is 0 Å². The molecule has 0 unspecified atom stereocenters. The maximum absolute atomic E-state index is 12.1. The number of rotatable bonds is 5. The molecule has 0 heterocycles. The van der Waals surface area contributed by atoms with Gasteiger partial charge in [-0.2, -0.15) is 0 Å². The van der Waals surface area contributed by atoms with E-state index in [9.17, 15) is 13.6 Å². The minimum atomic E-state index is -2.41. The molecular weight excluding hydrogens is 252 g/mol. The lowest BCUT2D eigenvalue weighted by Gasteiger charge is -2.16. The third-order valence-electron chi connectivity index (χ3n) is 2.19. The van der Waals surface area contributed by atoms with Crippen molar-refractivity contribution in [2.75, 3.05) is 13.6 Å². The lowest BCUT2D eigenvalue weighted by molar-refractivity contribution is 0.0697. The third kappa shape index (κ3) is 4.28. The van der Waals surface area contributed by atoms with Gasteiger partial charge < -0.3 is 5.11 Å². The highest BCUT2D eigenvalue weighted by Crippen LogP contribution is 2.19. The molecular formula is C11H12ClF2NO2. The summed E-state index contributed by atoms with van der Waals surface area (Å²) in [6.45, 7) is -0.0971. The molecule has 0 aliphatic rings. The number of aromatic carboxylic acids is 1. The zero-order valence-electron chi connectivity index (χ0n) is 9.16. The van der Waals surface area contributed by atoms with Gasteiger partial charge >= 0.3 is 5.97 Å². The molecule has 6 heteroatoms. The summed E-state index contributed by atoms with van der Waals surface area (Å²) in [4.78, 5) is 12.1. The van der Waals surface area contributed by atoms with Crippen LogP contribution in [0, 0.1) is 0 Å². The van der Waals surface area contributed by atoms with Crippen LogP contribution in [0.3, 0.4) is 0 Å². The fourth-order valence-corrected chi connectivity index (χ4v) is 1.64. The van der Waals surface area contributed by atoms with E-state index in [-0.39, 0.29) is 23.7 Å². The van der Waals surface area contributed by atoms with Crippen LogP contribution in [0.4, 0.5) is 8.78 Å². The minimum absolute atomic E-state index is 0.0789. The maximum Gasteiger partial charge on any atom is 0.335 e. The Morgan fingerprint density at radius 3 is 2.65 bits per heavy atom. The molecule has 0 fully saturated rings. The van der Waals surface area contributed by atoms with Crippen molar-refractivity contribution in [1.82, 2.24) is 4.90 Å². The first-order chi connectivity index (χ1) is 7.90. The van der Waals surface area contributed by atoms with Crippen LogP contribution in [0.15, 0.2) is 18.2 Å². The molecule has 0 aromatic heterocycles. The first kappa shape index (κ1) is 13.9. The molecule has 0 bridgehead atoms. The van der Waals surface area contributed by atoms with Gasteiger partial charge in [0.05, 0.1) is 12.1 Å². The summed E-state index contributed by atoms with van der Waals surface area (Å²) in [6.07, 6.45) is -2.41. The smallest absolute Gasteiger partial charge is 0.335 e. The molecule has 1 N–H and O–H groups in total. The molecule has 0 aliphatic heterocycles. The summed E-state index contributed by atoms with van der Waals surface area (Å²) >= 11 is 5.88. The third-order valence-corrected chi connectivity index (χ3v) is 2.54. The average Bonchev–Trinajstić information content (AvgIpc) is 2.19. The summed E-state index contributed by atoms with van der Waals surface area (Å²) in [6, 6.07) is 4.25. The minimum Gasteiger partial charge on any atom is -0.478 e. The van der Waals surface area contributed by atoms with Crippen LogP contribution in [0.25, 0.3) is 0 Å². The molecule has 1 rings (SSSR count). The lowest BCUT2D eigenvalue weighted by atomic mass is 10.1. The van der Waals surface area contributed by atoms with Crippen molar-refractivity contribution in [1.29, 1.82) is 0 Å². The van der Waals surface area contributed by atoms with Crippen LogP contribution in [0.2, 0.25) is 5.02 Å². The summed E-state index contributed by atoms with van der Waals surface area (Å²) in [5.74, 6) is -1.07. The number of alkyl halides is 2. The van der Waals surface area contributed by atoms with Crippen molar-refractivity contribution in [3.8, 4) is 0 Å². The zero-order chi connectivity index (χ0) is 13.0. The monoisotopic (exact) mass is 263 g/mol. The highest BCUT2D eigenvalue weighted by molar-refractivity contribution is 6.31. The van der Waals surface area contributed by atoms with Crippen molar-refractivity contribution in [2.45, 2.75) is 13.0 Å². The van der Waals surface area contributed by atoms with Gasteiger partial charge in [-0.25, -0.2) is 13.6 Å². The number of hydrogen-bond acceptors (Lipinski definition) is 2.